The van der Waals surface area contributed by atoms with Crippen molar-refractivity contribution < 1.29 is 14.3 Å². The molecule has 0 spiro atoms. The van der Waals surface area contributed by atoms with Gasteiger partial charge in [0, 0.05) is 32.2 Å². The highest BCUT2D eigenvalue weighted by Crippen LogP contribution is 2.18. The Labute approximate surface area is 123 Å². The van der Waals surface area contributed by atoms with Crippen molar-refractivity contribution in [3.05, 3.63) is 12.1 Å². The maximum Gasteiger partial charge on any atom is 0.228 e. The Morgan fingerprint density at radius 3 is 2.48 bits per heavy atom. The molecule has 21 heavy (non-hydrogen) atoms. The number of ether oxygens (including phenoxy) is 2. The Balaban J connectivity index is 1.57. The van der Waals surface area contributed by atoms with Crippen molar-refractivity contribution in [2.45, 2.75) is 12.8 Å². The predicted octanol–water partition coefficient (Wildman–Crippen LogP) is 0.678. The summed E-state index contributed by atoms with van der Waals surface area (Å²) in [6, 6.07) is 3.69. The van der Waals surface area contributed by atoms with Crippen LogP contribution in [-0.2, 0) is 14.3 Å². The lowest BCUT2D eigenvalue weighted by atomic mass is 9.99. The molecule has 2 saturated heterocycles. The van der Waals surface area contributed by atoms with Crippen LogP contribution in [0.5, 0.6) is 0 Å². The van der Waals surface area contributed by atoms with E-state index in [1.54, 1.807) is 6.07 Å². The zero-order valence-corrected chi connectivity index (χ0v) is 12.0. The molecule has 2 aliphatic heterocycles. The summed E-state index contributed by atoms with van der Waals surface area (Å²) >= 11 is 0. The first kappa shape index (κ1) is 14.2. The molecule has 0 bridgehead atoms. The van der Waals surface area contributed by atoms with Gasteiger partial charge in [-0.15, -0.1) is 10.2 Å². The van der Waals surface area contributed by atoms with Crippen LogP contribution in [0.25, 0.3) is 0 Å². The quantitative estimate of drug-likeness (QED) is 0.883. The van der Waals surface area contributed by atoms with Crippen LogP contribution in [0.2, 0.25) is 0 Å². The summed E-state index contributed by atoms with van der Waals surface area (Å²) in [4.78, 5) is 14.2. The summed E-state index contributed by atoms with van der Waals surface area (Å²) in [6.07, 6.45) is 1.54. The fourth-order valence-corrected chi connectivity index (χ4v) is 2.54. The van der Waals surface area contributed by atoms with E-state index in [2.05, 4.69) is 20.4 Å². The Morgan fingerprint density at radius 2 is 1.81 bits per heavy atom. The average Bonchev–Trinajstić information content (AvgIpc) is 2.57. The second kappa shape index (κ2) is 6.82. The summed E-state index contributed by atoms with van der Waals surface area (Å²) < 4.78 is 10.6. The molecule has 0 aromatic carbocycles. The number of nitrogens with zero attached hydrogens (tertiary/aromatic N) is 3. The summed E-state index contributed by atoms with van der Waals surface area (Å²) in [5.74, 6) is 1.34. The Morgan fingerprint density at radius 1 is 1.10 bits per heavy atom. The molecule has 1 amide bonds. The number of anilines is 2. The minimum Gasteiger partial charge on any atom is -0.381 e. The minimum absolute atomic E-state index is 0.00622. The molecule has 0 saturated carbocycles. The largest absolute Gasteiger partial charge is 0.381 e. The molecule has 0 unspecified atom stereocenters. The Bertz CT molecular complexity index is 468. The monoisotopic (exact) mass is 292 g/mol. The zero-order valence-electron chi connectivity index (χ0n) is 12.0. The SMILES string of the molecule is O=C(Nc1ccc(N2CCOCC2)nn1)C1CCOCC1. The maximum absolute atomic E-state index is 12.1. The number of hydrogen-bond donors (Lipinski definition) is 1. The van der Waals surface area contributed by atoms with Crippen molar-refractivity contribution >= 4 is 17.5 Å². The van der Waals surface area contributed by atoms with Gasteiger partial charge in [0.15, 0.2) is 11.6 Å². The smallest absolute Gasteiger partial charge is 0.228 e. The van der Waals surface area contributed by atoms with Crippen molar-refractivity contribution in [2.75, 3.05) is 49.7 Å². The number of hydrogen-bond acceptors (Lipinski definition) is 6. The summed E-state index contributed by atoms with van der Waals surface area (Å²) in [5.41, 5.74) is 0. The zero-order chi connectivity index (χ0) is 14.5. The van der Waals surface area contributed by atoms with Crippen LogP contribution in [0.1, 0.15) is 12.8 Å². The molecule has 2 fully saturated rings. The van der Waals surface area contributed by atoms with E-state index < -0.39 is 0 Å². The maximum atomic E-state index is 12.1. The third kappa shape index (κ3) is 3.68. The van der Waals surface area contributed by atoms with Gasteiger partial charge < -0.3 is 19.7 Å². The topological polar surface area (TPSA) is 76.6 Å². The number of rotatable bonds is 3. The summed E-state index contributed by atoms with van der Waals surface area (Å²) in [6.45, 7) is 4.37. The number of nitrogens with one attached hydrogen (secondary N) is 1. The molecule has 2 aliphatic rings. The first-order valence-corrected chi connectivity index (χ1v) is 7.38. The molecular weight excluding hydrogens is 272 g/mol. The van der Waals surface area contributed by atoms with Gasteiger partial charge in [0.25, 0.3) is 0 Å². The molecule has 7 heteroatoms. The van der Waals surface area contributed by atoms with Gasteiger partial charge in [0.1, 0.15) is 0 Å². The van der Waals surface area contributed by atoms with Crippen LogP contribution in [0.3, 0.4) is 0 Å². The van der Waals surface area contributed by atoms with Crippen LogP contribution in [0.4, 0.5) is 11.6 Å². The van der Waals surface area contributed by atoms with Crippen molar-refractivity contribution in [2.24, 2.45) is 5.92 Å². The van der Waals surface area contributed by atoms with Crippen LogP contribution < -0.4 is 10.2 Å². The van der Waals surface area contributed by atoms with E-state index >= 15 is 0 Å². The van der Waals surface area contributed by atoms with E-state index in [4.69, 9.17) is 9.47 Å². The molecule has 0 aliphatic carbocycles. The molecule has 0 radical (unpaired) electrons. The number of morpholine rings is 1. The molecule has 1 aromatic heterocycles. The molecule has 1 N–H and O–H groups in total. The third-order valence-electron chi connectivity index (χ3n) is 3.83. The second-order valence-electron chi connectivity index (χ2n) is 5.25. The highest BCUT2D eigenvalue weighted by molar-refractivity contribution is 5.91. The molecule has 3 heterocycles. The van der Waals surface area contributed by atoms with Crippen molar-refractivity contribution in [1.82, 2.24) is 10.2 Å². The first-order valence-electron chi connectivity index (χ1n) is 7.38. The van der Waals surface area contributed by atoms with E-state index in [1.807, 2.05) is 6.07 Å². The van der Waals surface area contributed by atoms with Gasteiger partial charge in [-0.25, -0.2) is 0 Å². The van der Waals surface area contributed by atoms with Crippen LogP contribution in [0, 0.1) is 5.92 Å². The second-order valence-corrected chi connectivity index (χ2v) is 5.25. The van der Waals surface area contributed by atoms with E-state index in [-0.39, 0.29) is 11.8 Å². The highest BCUT2D eigenvalue weighted by atomic mass is 16.5. The Hall–Kier alpha value is -1.73. The fraction of sp³-hybridized carbons (Fsp3) is 0.643. The normalized spacial score (nSPS) is 20.3. The number of carbonyl (C=O) groups excluding carboxylic acids is 1. The lowest BCUT2D eigenvalue weighted by Crippen LogP contribution is -2.36. The van der Waals surface area contributed by atoms with Crippen molar-refractivity contribution in [3.63, 3.8) is 0 Å². The number of amides is 1. The van der Waals surface area contributed by atoms with Crippen molar-refractivity contribution in [3.8, 4) is 0 Å². The van der Waals surface area contributed by atoms with E-state index in [9.17, 15) is 4.79 Å². The van der Waals surface area contributed by atoms with Gasteiger partial charge in [-0.3, -0.25) is 4.79 Å². The average molecular weight is 292 g/mol. The van der Waals surface area contributed by atoms with Crippen molar-refractivity contribution in [1.29, 1.82) is 0 Å². The van der Waals surface area contributed by atoms with E-state index in [0.29, 0.717) is 32.2 Å². The molecule has 0 atom stereocenters. The molecule has 7 nitrogen and oxygen atoms in total. The lowest BCUT2D eigenvalue weighted by Gasteiger charge is -2.27. The number of aromatic nitrogens is 2. The van der Waals surface area contributed by atoms with Gasteiger partial charge in [0.2, 0.25) is 5.91 Å². The standard InChI is InChI=1S/C14H20N4O3/c19-14(11-3-7-20-8-4-11)15-12-1-2-13(17-16-12)18-5-9-21-10-6-18/h1-2,11H,3-10H2,(H,15,16,19). The van der Waals surface area contributed by atoms with Crippen LogP contribution in [0.15, 0.2) is 12.1 Å². The highest BCUT2D eigenvalue weighted by Gasteiger charge is 2.22. The third-order valence-corrected chi connectivity index (χ3v) is 3.83. The minimum atomic E-state index is 0.00622. The van der Waals surface area contributed by atoms with Gasteiger partial charge in [-0.2, -0.15) is 0 Å². The van der Waals surface area contributed by atoms with Crippen LogP contribution in [-0.4, -0.2) is 55.6 Å². The first-order chi connectivity index (χ1) is 10.3. The summed E-state index contributed by atoms with van der Waals surface area (Å²) in [5, 5.41) is 11.1. The van der Waals surface area contributed by atoms with Gasteiger partial charge in [0.05, 0.1) is 13.2 Å². The molecular formula is C14H20N4O3. The lowest BCUT2D eigenvalue weighted by molar-refractivity contribution is -0.122. The van der Waals surface area contributed by atoms with Gasteiger partial charge >= 0.3 is 0 Å². The van der Waals surface area contributed by atoms with Gasteiger partial charge in [-0.05, 0) is 25.0 Å². The van der Waals surface area contributed by atoms with Crippen LogP contribution >= 0.6 is 0 Å². The molecule has 1 aromatic rings. The molecule has 3 rings (SSSR count). The van der Waals surface area contributed by atoms with Gasteiger partial charge in [-0.1, -0.05) is 0 Å². The fourth-order valence-electron chi connectivity index (χ4n) is 2.54. The Kier molecular flexibility index (Phi) is 4.62. The van der Waals surface area contributed by atoms with E-state index in [0.717, 1.165) is 31.7 Å². The number of carbonyl (C=O) groups is 1. The summed E-state index contributed by atoms with van der Waals surface area (Å²) in [7, 11) is 0. The predicted molar refractivity (Wildman–Crippen MR) is 77.2 cm³/mol. The van der Waals surface area contributed by atoms with E-state index in [1.165, 1.54) is 0 Å². The molecule has 114 valence electrons.